The maximum atomic E-state index is 12.4. The summed E-state index contributed by atoms with van der Waals surface area (Å²) >= 11 is 0. The van der Waals surface area contributed by atoms with E-state index in [0.29, 0.717) is 5.69 Å². The highest BCUT2D eigenvalue weighted by atomic mass is 16.5. The molecule has 0 saturated heterocycles. The van der Waals surface area contributed by atoms with Gasteiger partial charge in [-0.1, -0.05) is 26.0 Å². The van der Waals surface area contributed by atoms with Crippen molar-refractivity contribution in [3.63, 3.8) is 0 Å². The van der Waals surface area contributed by atoms with E-state index in [0.717, 1.165) is 5.56 Å². The highest BCUT2D eigenvalue weighted by Gasteiger charge is 2.27. The van der Waals surface area contributed by atoms with Crippen molar-refractivity contribution in [1.29, 1.82) is 0 Å². The lowest BCUT2D eigenvalue weighted by Gasteiger charge is -2.23. The molecule has 3 amide bonds. The molecule has 0 unspecified atom stereocenters. The van der Waals surface area contributed by atoms with Crippen LogP contribution in [0.25, 0.3) is 0 Å². The molecule has 0 aromatic heterocycles. The molecule has 1 rings (SSSR count). The molecule has 1 aromatic carbocycles. The van der Waals surface area contributed by atoms with Crippen LogP contribution in [0, 0.1) is 5.92 Å². The highest BCUT2D eigenvalue weighted by Crippen LogP contribution is 2.10. The number of aliphatic hydroxyl groups is 1. The number of carbonyl (C=O) groups excluding carboxylic acids is 3. The van der Waals surface area contributed by atoms with Gasteiger partial charge in [-0.2, -0.15) is 0 Å². The molecule has 0 fully saturated rings. The molecule has 0 aliphatic heterocycles. The lowest BCUT2D eigenvalue weighted by molar-refractivity contribution is -0.128. The van der Waals surface area contributed by atoms with Crippen molar-refractivity contribution in [3.8, 4) is 0 Å². The summed E-state index contributed by atoms with van der Waals surface area (Å²) in [7, 11) is 0. The van der Waals surface area contributed by atoms with Gasteiger partial charge in [0.2, 0.25) is 11.8 Å². The maximum absolute atomic E-state index is 12.4. The van der Waals surface area contributed by atoms with E-state index >= 15 is 0 Å². The van der Waals surface area contributed by atoms with E-state index < -0.39 is 30.0 Å². The van der Waals surface area contributed by atoms with Crippen molar-refractivity contribution in [2.75, 3.05) is 11.9 Å². The molecule has 0 aliphatic carbocycles. The minimum atomic E-state index is -0.812. The Morgan fingerprint density at radius 1 is 1.04 bits per heavy atom. The molecule has 8 nitrogen and oxygen atoms in total. The van der Waals surface area contributed by atoms with Gasteiger partial charge in [0.05, 0.1) is 13.2 Å². The van der Waals surface area contributed by atoms with Gasteiger partial charge in [-0.15, -0.1) is 0 Å². The fourth-order valence-corrected chi connectivity index (χ4v) is 2.15. The van der Waals surface area contributed by atoms with E-state index in [4.69, 9.17) is 9.84 Å². The molecule has 0 saturated carbocycles. The fraction of sp³-hybridized carbons (Fsp3) is 0.500. The van der Waals surface area contributed by atoms with Gasteiger partial charge in [0.25, 0.3) is 0 Å². The zero-order valence-electron chi connectivity index (χ0n) is 15.5. The van der Waals surface area contributed by atoms with Crippen LogP contribution in [0.2, 0.25) is 0 Å². The van der Waals surface area contributed by atoms with Crippen molar-refractivity contribution < 1.29 is 24.2 Å². The molecular weight excluding hydrogens is 338 g/mol. The Morgan fingerprint density at radius 3 is 2.15 bits per heavy atom. The predicted octanol–water partition coefficient (Wildman–Crippen LogP) is 1.39. The molecule has 26 heavy (non-hydrogen) atoms. The second kappa shape index (κ2) is 10.4. The first-order valence-electron chi connectivity index (χ1n) is 8.52. The van der Waals surface area contributed by atoms with Crippen LogP contribution < -0.4 is 16.0 Å². The fourth-order valence-electron chi connectivity index (χ4n) is 2.15. The number of hydrogen-bond acceptors (Lipinski definition) is 5. The van der Waals surface area contributed by atoms with Crippen molar-refractivity contribution in [1.82, 2.24) is 10.6 Å². The van der Waals surface area contributed by atoms with Crippen LogP contribution >= 0.6 is 0 Å². The topological polar surface area (TPSA) is 117 Å². The van der Waals surface area contributed by atoms with Gasteiger partial charge in [0.15, 0.2) is 0 Å². The summed E-state index contributed by atoms with van der Waals surface area (Å²) in [5.41, 5.74) is 1.28. The summed E-state index contributed by atoms with van der Waals surface area (Å²) in [4.78, 5) is 36.2. The van der Waals surface area contributed by atoms with Gasteiger partial charge in [-0.3, -0.25) is 9.59 Å². The second-order valence-corrected chi connectivity index (χ2v) is 6.16. The van der Waals surface area contributed by atoms with Crippen LogP contribution in [-0.2, 0) is 20.9 Å². The van der Waals surface area contributed by atoms with Gasteiger partial charge in [-0.05, 0) is 37.5 Å². The Kier molecular flexibility index (Phi) is 8.57. The van der Waals surface area contributed by atoms with E-state index in [1.807, 2.05) is 0 Å². The van der Waals surface area contributed by atoms with Gasteiger partial charge in [0, 0.05) is 5.69 Å². The Balaban J connectivity index is 2.64. The first kappa shape index (κ1) is 21.4. The molecule has 4 N–H and O–H groups in total. The predicted molar refractivity (Wildman–Crippen MR) is 97.4 cm³/mol. The van der Waals surface area contributed by atoms with E-state index in [2.05, 4.69) is 16.0 Å². The summed E-state index contributed by atoms with van der Waals surface area (Å²) < 4.78 is 4.80. The lowest BCUT2D eigenvalue weighted by atomic mass is 10.0. The van der Waals surface area contributed by atoms with Crippen molar-refractivity contribution >= 4 is 23.6 Å². The molecule has 0 spiro atoms. The van der Waals surface area contributed by atoms with E-state index in [1.54, 1.807) is 52.0 Å². The summed E-state index contributed by atoms with van der Waals surface area (Å²) in [6.45, 7) is 6.91. The number of carbonyl (C=O) groups is 3. The van der Waals surface area contributed by atoms with Crippen molar-refractivity contribution in [2.24, 2.45) is 5.92 Å². The molecule has 144 valence electrons. The number of anilines is 1. The molecule has 0 aliphatic rings. The molecule has 0 bridgehead atoms. The number of nitrogens with one attached hydrogen (secondary N) is 3. The Labute approximate surface area is 153 Å². The molecule has 8 heteroatoms. The average Bonchev–Trinajstić information content (AvgIpc) is 2.60. The van der Waals surface area contributed by atoms with Crippen LogP contribution in [0.15, 0.2) is 24.3 Å². The minimum Gasteiger partial charge on any atom is -0.450 e. The highest BCUT2D eigenvalue weighted by molar-refractivity contribution is 5.98. The monoisotopic (exact) mass is 365 g/mol. The maximum Gasteiger partial charge on any atom is 0.407 e. The summed E-state index contributed by atoms with van der Waals surface area (Å²) in [6, 6.07) is 5.10. The summed E-state index contributed by atoms with van der Waals surface area (Å²) in [5, 5.41) is 16.8. The first-order valence-corrected chi connectivity index (χ1v) is 8.52. The minimum absolute atomic E-state index is 0.0786. The normalized spacial score (nSPS) is 12.8. The average molecular weight is 365 g/mol. The van der Waals surface area contributed by atoms with Crippen LogP contribution in [-0.4, -0.2) is 41.7 Å². The zero-order chi connectivity index (χ0) is 19.7. The van der Waals surface area contributed by atoms with E-state index in [1.165, 1.54) is 0 Å². The number of amides is 3. The largest absolute Gasteiger partial charge is 0.450 e. The number of benzene rings is 1. The molecule has 0 heterocycles. The Morgan fingerprint density at radius 2 is 1.65 bits per heavy atom. The van der Waals surface area contributed by atoms with E-state index in [9.17, 15) is 14.4 Å². The molecule has 2 atom stereocenters. The molecular formula is C18H27N3O5. The van der Waals surface area contributed by atoms with Crippen molar-refractivity contribution in [3.05, 3.63) is 29.8 Å². The number of rotatable bonds is 8. The third-order valence-electron chi connectivity index (χ3n) is 3.65. The third kappa shape index (κ3) is 6.72. The zero-order valence-corrected chi connectivity index (χ0v) is 15.5. The summed E-state index contributed by atoms with van der Waals surface area (Å²) in [5.74, 6) is -1.04. The van der Waals surface area contributed by atoms with Crippen molar-refractivity contribution in [2.45, 2.75) is 46.4 Å². The molecule has 1 aromatic rings. The summed E-state index contributed by atoms with van der Waals surface area (Å²) in [6.07, 6.45) is -0.678. The van der Waals surface area contributed by atoms with Gasteiger partial charge < -0.3 is 25.8 Å². The number of alkyl carbamates (subject to hydrolysis) is 1. The number of hydrogen-bond donors (Lipinski definition) is 4. The van der Waals surface area contributed by atoms with Crippen LogP contribution in [0.5, 0.6) is 0 Å². The number of aliphatic hydroxyl groups excluding tert-OH is 1. The quantitative estimate of drug-likeness (QED) is 0.555. The Bertz CT molecular complexity index is 616. The standard InChI is InChI=1S/C18H27N3O5/c1-5-26-18(25)21-15(11(2)3)17(24)19-12(4)16(23)20-14-8-6-13(10-22)7-9-14/h6-9,11-12,15,22H,5,10H2,1-4H3,(H,19,24)(H,20,23)(H,21,25)/t12-,15-/m0/s1. The smallest absolute Gasteiger partial charge is 0.407 e. The SMILES string of the molecule is CCOC(=O)N[C@H](C(=O)N[C@@H](C)C(=O)Nc1ccc(CO)cc1)C(C)C. The van der Waals surface area contributed by atoms with Crippen LogP contribution in [0.3, 0.4) is 0 Å². The molecule has 0 radical (unpaired) electrons. The van der Waals surface area contributed by atoms with Crippen LogP contribution in [0.4, 0.5) is 10.5 Å². The first-order chi connectivity index (χ1) is 12.3. The van der Waals surface area contributed by atoms with Crippen LogP contribution in [0.1, 0.15) is 33.3 Å². The Hall–Kier alpha value is -2.61. The lowest BCUT2D eigenvalue weighted by Crippen LogP contribution is -2.53. The van der Waals surface area contributed by atoms with E-state index in [-0.39, 0.29) is 19.1 Å². The second-order valence-electron chi connectivity index (χ2n) is 6.16. The number of ether oxygens (including phenoxy) is 1. The third-order valence-corrected chi connectivity index (χ3v) is 3.65. The van der Waals surface area contributed by atoms with Gasteiger partial charge in [0.1, 0.15) is 12.1 Å². The van der Waals surface area contributed by atoms with Gasteiger partial charge >= 0.3 is 6.09 Å². The van der Waals surface area contributed by atoms with Gasteiger partial charge in [-0.25, -0.2) is 4.79 Å².